The van der Waals surface area contributed by atoms with E-state index in [-0.39, 0.29) is 5.91 Å². The number of anilines is 1. The normalized spacial score (nSPS) is 9.78. The Morgan fingerprint density at radius 1 is 1.17 bits per heavy atom. The van der Waals surface area contributed by atoms with E-state index in [4.69, 9.17) is 14.2 Å². The third kappa shape index (κ3) is 3.53. The van der Waals surface area contributed by atoms with Crippen LogP contribution in [-0.4, -0.2) is 32.6 Å². The van der Waals surface area contributed by atoms with Gasteiger partial charge in [-0.3, -0.25) is 4.79 Å². The van der Waals surface area contributed by atoms with Gasteiger partial charge in [0.2, 0.25) is 11.7 Å². The van der Waals surface area contributed by atoms with Crippen LogP contribution >= 0.6 is 15.9 Å². The number of hydrogen-bond acceptors (Lipinski definition) is 4. The van der Waals surface area contributed by atoms with Crippen molar-refractivity contribution < 1.29 is 19.0 Å². The van der Waals surface area contributed by atoms with E-state index in [0.717, 1.165) is 0 Å². The molecule has 0 fully saturated rings. The van der Waals surface area contributed by atoms with Gasteiger partial charge >= 0.3 is 0 Å². The molecule has 0 radical (unpaired) electrons. The highest BCUT2D eigenvalue weighted by Gasteiger charge is 2.14. The lowest BCUT2D eigenvalue weighted by Gasteiger charge is -2.14. The van der Waals surface area contributed by atoms with Crippen LogP contribution in [0.4, 0.5) is 5.69 Å². The zero-order chi connectivity index (χ0) is 13.5. The van der Waals surface area contributed by atoms with E-state index in [1.165, 1.54) is 21.3 Å². The lowest BCUT2D eigenvalue weighted by molar-refractivity contribution is -0.115. The number of amides is 1. The highest BCUT2D eigenvalue weighted by molar-refractivity contribution is 9.09. The second-order valence-electron chi connectivity index (χ2n) is 3.40. The molecule has 0 aromatic heterocycles. The maximum atomic E-state index is 11.5. The first-order valence-electron chi connectivity index (χ1n) is 5.32. The monoisotopic (exact) mass is 317 g/mol. The molecule has 0 saturated carbocycles. The maximum absolute atomic E-state index is 11.5. The fraction of sp³-hybridized carbons (Fsp3) is 0.417. The Labute approximate surface area is 115 Å². The first-order valence-corrected chi connectivity index (χ1v) is 6.44. The minimum absolute atomic E-state index is 0.0823. The quantitative estimate of drug-likeness (QED) is 0.819. The number of alkyl halides is 1. The van der Waals surface area contributed by atoms with E-state index >= 15 is 0 Å². The van der Waals surface area contributed by atoms with E-state index in [9.17, 15) is 4.79 Å². The second-order valence-corrected chi connectivity index (χ2v) is 4.19. The fourth-order valence-corrected chi connectivity index (χ4v) is 1.82. The molecule has 0 atom stereocenters. The van der Waals surface area contributed by atoms with E-state index in [2.05, 4.69) is 21.2 Å². The molecule has 0 aliphatic rings. The zero-order valence-corrected chi connectivity index (χ0v) is 12.2. The van der Waals surface area contributed by atoms with Gasteiger partial charge in [-0.15, -0.1) is 0 Å². The van der Waals surface area contributed by atoms with Crippen molar-refractivity contribution in [3.63, 3.8) is 0 Å². The zero-order valence-electron chi connectivity index (χ0n) is 10.6. The van der Waals surface area contributed by atoms with Gasteiger partial charge in [0.05, 0.1) is 21.3 Å². The van der Waals surface area contributed by atoms with Crippen molar-refractivity contribution in [2.75, 3.05) is 32.0 Å². The van der Waals surface area contributed by atoms with Gasteiger partial charge in [0.15, 0.2) is 11.5 Å². The molecule has 0 saturated heterocycles. The van der Waals surface area contributed by atoms with Crippen molar-refractivity contribution in [1.82, 2.24) is 0 Å². The van der Waals surface area contributed by atoms with Crippen molar-refractivity contribution in [1.29, 1.82) is 0 Å². The largest absolute Gasteiger partial charge is 0.493 e. The molecule has 0 heterocycles. The number of rotatable bonds is 6. The van der Waals surface area contributed by atoms with Crippen LogP contribution in [-0.2, 0) is 4.79 Å². The maximum Gasteiger partial charge on any atom is 0.225 e. The number of benzene rings is 1. The van der Waals surface area contributed by atoms with Gasteiger partial charge in [0, 0.05) is 29.6 Å². The van der Waals surface area contributed by atoms with Crippen molar-refractivity contribution in [2.45, 2.75) is 6.42 Å². The minimum atomic E-state index is -0.0823. The summed E-state index contributed by atoms with van der Waals surface area (Å²) in [6, 6.07) is 3.38. The topological polar surface area (TPSA) is 56.8 Å². The highest BCUT2D eigenvalue weighted by Crippen LogP contribution is 2.39. The van der Waals surface area contributed by atoms with Gasteiger partial charge in [-0.05, 0) is 0 Å². The molecular formula is C12H16BrNO4. The van der Waals surface area contributed by atoms with Gasteiger partial charge in [-0.25, -0.2) is 0 Å². The molecule has 0 aliphatic carbocycles. The van der Waals surface area contributed by atoms with E-state index in [1.54, 1.807) is 12.1 Å². The molecule has 1 N–H and O–H groups in total. The molecule has 5 nitrogen and oxygen atoms in total. The van der Waals surface area contributed by atoms with Crippen LogP contribution in [0.3, 0.4) is 0 Å². The van der Waals surface area contributed by atoms with Crippen molar-refractivity contribution in [3.05, 3.63) is 12.1 Å². The van der Waals surface area contributed by atoms with Crippen LogP contribution in [0.25, 0.3) is 0 Å². The van der Waals surface area contributed by atoms with Crippen molar-refractivity contribution in [2.24, 2.45) is 0 Å². The Hall–Kier alpha value is -1.43. The Bertz CT molecular complexity index is 398. The van der Waals surface area contributed by atoms with E-state index < -0.39 is 0 Å². The molecule has 1 aromatic carbocycles. The molecule has 1 aromatic rings. The number of carbonyl (C=O) groups excluding carboxylic acids is 1. The van der Waals surface area contributed by atoms with Crippen LogP contribution in [0.2, 0.25) is 0 Å². The number of methoxy groups -OCH3 is 3. The summed E-state index contributed by atoms with van der Waals surface area (Å²) in [7, 11) is 4.59. The predicted octanol–water partition coefficient (Wildman–Crippen LogP) is 2.44. The molecule has 0 unspecified atom stereocenters. The van der Waals surface area contributed by atoms with Gasteiger partial charge in [-0.2, -0.15) is 0 Å². The van der Waals surface area contributed by atoms with Crippen molar-refractivity contribution >= 4 is 27.5 Å². The van der Waals surface area contributed by atoms with Crippen LogP contribution in [0, 0.1) is 0 Å². The Morgan fingerprint density at radius 3 is 2.11 bits per heavy atom. The molecule has 1 amide bonds. The first kappa shape index (κ1) is 14.6. The molecule has 1 rings (SSSR count). The summed E-state index contributed by atoms with van der Waals surface area (Å²) in [5.41, 5.74) is 0.607. The summed E-state index contributed by atoms with van der Waals surface area (Å²) in [4.78, 5) is 11.5. The SMILES string of the molecule is COc1cc(NC(=O)CCBr)cc(OC)c1OC. The minimum Gasteiger partial charge on any atom is -0.493 e. The van der Waals surface area contributed by atoms with Gasteiger partial charge < -0.3 is 19.5 Å². The summed E-state index contributed by atoms with van der Waals surface area (Å²) in [5, 5.41) is 3.37. The van der Waals surface area contributed by atoms with E-state index in [1.807, 2.05) is 0 Å². The Morgan fingerprint density at radius 2 is 1.72 bits per heavy atom. The number of carbonyl (C=O) groups is 1. The van der Waals surface area contributed by atoms with Crippen molar-refractivity contribution in [3.8, 4) is 17.2 Å². The fourth-order valence-electron chi connectivity index (χ4n) is 1.46. The van der Waals surface area contributed by atoms with Gasteiger partial charge in [-0.1, -0.05) is 15.9 Å². The van der Waals surface area contributed by atoms with Crippen LogP contribution in [0.15, 0.2) is 12.1 Å². The Kier molecular flexibility index (Phi) is 5.77. The average Bonchev–Trinajstić information content (AvgIpc) is 2.37. The number of nitrogens with one attached hydrogen (secondary N) is 1. The summed E-state index contributed by atoms with van der Waals surface area (Å²) >= 11 is 3.21. The number of hydrogen-bond donors (Lipinski definition) is 1. The van der Waals surface area contributed by atoms with Crippen LogP contribution in [0.5, 0.6) is 17.2 Å². The summed E-state index contributed by atoms with van der Waals surface area (Å²) in [5.74, 6) is 1.43. The standard InChI is InChI=1S/C12H16BrNO4/c1-16-9-6-8(14-11(15)4-5-13)7-10(17-2)12(9)18-3/h6-7H,4-5H2,1-3H3,(H,14,15). The molecule has 18 heavy (non-hydrogen) atoms. The van der Waals surface area contributed by atoms with Crippen LogP contribution in [0.1, 0.15) is 6.42 Å². The Balaban J connectivity index is 3.03. The van der Waals surface area contributed by atoms with Gasteiger partial charge in [0.1, 0.15) is 0 Å². The lowest BCUT2D eigenvalue weighted by Crippen LogP contribution is -2.12. The second kappa shape index (κ2) is 7.10. The number of halogens is 1. The third-order valence-electron chi connectivity index (χ3n) is 2.27. The predicted molar refractivity (Wildman–Crippen MR) is 73.1 cm³/mol. The third-order valence-corrected chi connectivity index (χ3v) is 2.67. The van der Waals surface area contributed by atoms with Crippen LogP contribution < -0.4 is 19.5 Å². The molecule has 0 aliphatic heterocycles. The average molecular weight is 318 g/mol. The molecule has 0 bridgehead atoms. The molecular weight excluding hydrogens is 302 g/mol. The summed E-state index contributed by atoms with van der Waals surface area (Å²) < 4.78 is 15.6. The smallest absolute Gasteiger partial charge is 0.225 e. The molecule has 6 heteroatoms. The van der Waals surface area contributed by atoms with E-state index in [0.29, 0.717) is 34.7 Å². The highest BCUT2D eigenvalue weighted by atomic mass is 79.9. The summed E-state index contributed by atoms with van der Waals surface area (Å²) in [6.07, 6.45) is 0.399. The lowest BCUT2D eigenvalue weighted by atomic mass is 10.2. The molecule has 100 valence electrons. The first-order chi connectivity index (χ1) is 8.65. The van der Waals surface area contributed by atoms with Gasteiger partial charge in [0.25, 0.3) is 0 Å². The number of ether oxygens (including phenoxy) is 3. The summed E-state index contributed by atoms with van der Waals surface area (Å²) in [6.45, 7) is 0. The molecule has 0 spiro atoms.